The first-order chi connectivity index (χ1) is 12.5. The number of para-hydroxylation sites is 1. The summed E-state index contributed by atoms with van der Waals surface area (Å²) >= 11 is 3.33. The molecule has 1 N–H and O–H groups in total. The number of nitrogens with one attached hydrogen (secondary N) is 1. The zero-order valence-corrected chi connectivity index (χ0v) is 15.4. The highest BCUT2D eigenvalue weighted by atomic mass is 79.9. The van der Waals surface area contributed by atoms with Crippen molar-refractivity contribution in [2.45, 2.75) is 13.5 Å². The van der Waals surface area contributed by atoms with Gasteiger partial charge in [-0.25, -0.2) is 0 Å². The molecule has 7 nitrogen and oxygen atoms in total. The number of aryl methyl sites for hydroxylation is 1. The number of halogens is 1. The van der Waals surface area contributed by atoms with Gasteiger partial charge in [0.05, 0.1) is 21.2 Å². The molecule has 0 fully saturated rings. The quantitative estimate of drug-likeness (QED) is 0.491. The molecule has 1 amide bonds. The molecule has 0 atom stereocenters. The molecule has 8 heteroatoms. The van der Waals surface area contributed by atoms with E-state index in [2.05, 4.69) is 26.3 Å². The lowest BCUT2D eigenvalue weighted by molar-refractivity contribution is -0.384. The van der Waals surface area contributed by atoms with Crippen LogP contribution in [0.1, 0.15) is 17.4 Å². The van der Waals surface area contributed by atoms with Gasteiger partial charge in [-0.2, -0.15) is 5.10 Å². The van der Waals surface area contributed by atoms with Gasteiger partial charge in [-0.05, 0) is 46.6 Å². The minimum Gasteiger partial charge on any atom is -0.321 e. The van der Waals surface area contributed by atoms with Crippen molar-refractivity contribution in [3.63, 3.8) is 0 Å². The maximum absolute atomic E-state index is 12.5. The van der Waals surface area contributed by atoms with Gasteiger partial charge < -0.3 is 5.32 Å². The van der Waals surface area contributed by atoms with Crippen molar-refractivity contribution in [2.24, 2.45) is 0 Å². The molecule has 0 saturated heterocycles. The van der Waals surface area contributed by atoms with Crippen molar-refractivity contribution in [3.05, 3.63) is 75.0 Å². The Hall–Kier alpha value is -3.00. The van der Waals surface area contributed by atoms with Gasteiger partial charge in [-0.1, -0.05) is 24.3 Å². The van der Waals surface area contributed by atoms with Gasteiger partial charge >= 0.3 is 0 Å². The van der Waals surface area contributed by atoms with Crippen LogP contribution in [0.5, 0.6) is 0 Å². The second kappa shape index (κ2) is 7.49. The van der Waals surface area contributed by atoms with E-state index in [0.717, 1.165) is 0 Å². The molecule has 0 bridgehead atoms. The van der Waals surface area contributed by atoms with E-state index in [1.165, 1.54) is 6.07 Å². The Morgan fingerprint density at radius 2 is 1.92 bits per heavy atom. The third kappa shape index (κ3) is 3.50. The molecule has 0 aliphatic rings. The average molecular weight is 415 g/mol. The van der Waals surface area contributed by atoms with E-state index in [1.54, 1.807) is 53.3 Å². The largest absolute Gasteiger partial charge is 0.321 e. The van der Waals surface area contributed by atoms with Crippen molar-refractivity contribution in [1.82, 2.24) is 9.78 Å². The van der Waals surface area contributed by atoms with Gasteiger partial charge in [0.25, 0.3) is 11.6 Å². The summed E-state index contributed by atoms with van der Waals surface area (Å²) in [6.07, 6.45) is 1.58. The summed E-state index contributed by atoms with van der Waals surface area (Å²) < 4.78 is 2.22. The Balaban J connectivity index is 1.84. The minimum atomic E-state index is -0.408. The number of nitro groups is 1. The molecule has 0 unspecified atom stereocenters. The van der Waals surface area contributed by atoms with Crippen LogP contribution in [0.25, 0.3) is 11.1 Å². The lowest BCUT2D eigenvalue weighted by Crippen LogP contribution is -2.17. The monoisotopic (exact) mass is 414 g/mol. The number of carbonyl (C=O) groups excluding carboxylic acids is 1. The molecule has 26 heavy (non-hydrogen) atoms. The lowest BCUT2D eigenvalue weighted by Gasteiger charge is -2.09. The molecule has 3 aromatic rings. The van der Waals surface area contributed by atoms with E-state index in [9.17, 15) is 14.9 Å². The van der Waals surface area contributed by atoms with Crippen LogP contribution in [-0.4, -0.2) is 20.6 Å². The average Bonchev–Trinajstić information content (AvgIpc) is 3.03. The zero-order valence-electron chi connectivity index (χ0n) is 13.8. The number of aromatic nitrogens is 2. The Morgan fingerprint density at radius 1 is 1.23 bits per heavy atom. The predicted octanol–water partition coefficient (Wildman–Crippen LogP) is 4.49. The minimum absolute atomic E-state index is 0.0417. The third-order valence-electron chi connectivity index (χ3n) is 3.86. The van der Waals surface area contributed by atoms with Crippen molar-refractivity contribution < 1.29 is 9.72 Å². The van der Waals surface area contributed by atoms with Crippen LogP contribution >= 0.6 is 15.9 Å². The van der Waals surface area contributed by atoms with Gasteiger partial charge in [-0.15, -0.1) is 0 Å². The Kier molecular flexibility index (Phi) is 5.13. The highest BCUT2D eigenvalue weighted by Gasteiger charge is 2.17. The summed E-state index contributed by atoms with van der Waals surface area (Å²) in [5.74, 6) is -0.283. The number of nitrogens with zero attached hydrogens (tertiary/aromatic N) is 3. The molecule has 0 saturated carbocycles. The van der Waals surface area contributed by atoms with Gasteiger partial charge in [0.15, 0.2) is 0 Å². The van der Waals surface area contributed by atoms with E-state index in [0.29, 0.717) is 33.5 Å². The van der Waals surface area contributed by atoms with Crippen molar-refractivity contribution in [1.29, 1.82) is 0 Å². The van der Waals surface area contributed by atoms with Gasteiger partial charge in [0.2, 0.25) is 0 Å². The maximum Gasteiger partial charge on any atom is 0.277 e. The van der Waals surface area contributed by atoms with E-state index < -0.39 is 4.92 Å². The molecular weight excluding hydrogens is 400 g/mol. The highest BCUT2D eigenvalue weighted by Crippen LogP contribution is 2.30. The van der Waals surface area contributed by atoms with Crippen LogP contribution in [0.15, 0.2) is 59.2 Å². The number of nitro benzene ring substituents is 1. The van der Waals surface area contributed by atoms with Crippen molar-refractivity contribution in [3.8, 4) is 11.1 Å². The van der Waals surface area contributed by atoms with Crippen molar-refractivity contribution >= 4 is 33.2 Å². The summed E-state index contributed by atoms with van der Waals surface area (Å²) in [5, 5.41) is 18.1. The maximum atomic E-state index is 12.5. The summed E-state index contributed by atoms with van der Waals surface area (Å²) in [5.41, 5.74) is 2.31. The fourth-order valence-corrected chi connectivity index (χ4v) is 3.10. The van der Waals surface area contributed by atoms with Crippen LogP contribution in [0, 0.1) is 10.1 Å². The number of benzene rings is 2. The summed E-state index contributed by atoms with van der Waals surface area (Å²) in [6, 6.07) is 13.5. The predicted molar refractivity (Wildman–Crippen MR) is 102 cm³/mol. The van der Waals surface area contributed by atoms with E-state index in [4.69, 9.17) is 0 Å². The second-order valence-corrected chi connectivity index (χ2v) is 6.32. The number of rotatable bonds is 5. The highest BCUT2D eigenvalue weighted by molar-refractivity contribution is 9.10. The summed E-state index contributed by atoms with van der Waals surface area (Å²) in [7, 11) is 0. The van der Waals surface area contributed by atoms with E-state index in [-0.39, 0.29) is 11.6 Å². The number of hydrogen-bond donors (Lipinski definition) is 1. The normalized spacial score (nSPS) is 10.5. The first kappa shape index (κ1) is 17.8. The molecule has 0 spiro atoms. The van der Waals surface area contributed by atoms with Crippen LogP contribution in [-0.2, 0) is 6.54 Å². The number of hydrogen-bond acceptors (Lipinski definition) is 4. The summed E-state index contributed by atoms with van der Waals surface area (Å²) in [6.45, 7) is 2.47. The van der Waals surface area contributed by atoms with Gasteiger partial charge in [0.1, 0.15) is 5.69 Å². The number of anilines is 1. The fourth-order valence-electron chi connectivity index (χ4n) is 2.63. The SMILES string of the molecule is CCn1ncc(Br)c1C(=O)Nc1ccc(-c2ccccc2[N+](=O)[O-])cc1. The molecular formula is C18H15BrN4O3. The van der Waals surface area contributed by atoms with E-state index >= 15 is 0 Å². The third-order valence-corrected chi connectivity index (χ3v) is 4.44. The molecule has 1 heterocycles. The van der Waals surface area contributed by atoms with Crippen LogP contribution in [0.3, 0.4) is 0 Å². The first-order valence-electron chi connectivity index (χ1n) is 7.87. The molecule has 2 aromatic carbocycles. The lowest BCUT2D eigenvalue weighted by atomic mass is 10.0. The Bertz CT molecular complexity index is 967. The smallest absolute Gasteiger partial charge is 0.277 e. The zero-order chi connectivity index (χ0) is 18.7. The second-order valence-electron chi connectivity index (χ2n) is 5.46. The molecule has 132 valence electrons. The molecule has 0 aliphatic heterocycles. The number of carbonyl (C=O) groups is 1. The first-order valence-corrected chi connectivity index (χ1v) is 8.67. The summed E-state index contributed by atoms with van der Waals surface area (Å²) in [4.78, 5) is 23.2. The van der Waals surface area contributed by atoms with Crippen LogP contribution in [0.2, 0.25) is 0 Å². The number of amides is 1. The Morgan fingerprint density at radius 3 is 2.58 bits per heavy atom. The molecule has 0 radical (unpaired) electrons. The standard InChI is InChI=1S/C18H15BrN4O3/c1-2-22-17(15(19)11-20-22)18(24)21-13-9-7-12(8-10-13)14-5-3-4-6-16(14)23(25)26/h3-11H,2H2,1H3,(H,21,24). The molecule has 3 rings (SSSR count). The van der Waals surface area contributed by atoms with Crippen LogP contribution in [0.4, 0.5) is 11.4 Å². The van der Waals surface area contributed by atoms with Crippen LogP contribution < -0.4 is 5.32 Å². The topological polar surface area (TPSA) is 90.1 Å². The van der Waals surface area contributed by atoms with E-state index in [1.807, 2.05) is 6.92 Å². The molecule has 1 aromatic heterocycles. The van der Waals surface area contributed by atoms with Gasteiger partial charge in [-0.3, -0.25) is 19.6 Å². The molecule has 0 aliphatic carbocycles. The Labute approximate surface area is 157 Å². The van der Waals surface area contributed by atoms with Crippen molar-refractivity contribution in [2.75, 3.05) is 5.32 Å². The fraction of sp³-hybridized carbons (Fsp3) is 0.111. The van der Waals surface area contributed by atoms with Gasteiger partial charge in [0, 0.05) is 18.3 Å².